The molecule has 1 atom stereocenters. The van der Waals surface area contributed by atoms with Crippen molar-refractivity contribution in [2.75, 3.05) is 18.0 Å². The molecule has 1 aromatic carbocycles. The van der Waals surface area contributed by atoms with Gasteiger partial charge >= 0.3 is 0 Å². The van der Waals surface area contributed by atoms with Crippen LogP contribution in [0.15, 0.2) is 28.1 Å². The number of nitrogens with zero attached hydrogens (tertiary/aromatic N) is 4. The number of rotatable bonds is 3. The number of hydrogen-bond donors (Lipinski definition) is 2. The summed E-state index contributed by atoms with van der Waals surface area (Å²) in [5.41, 5.74) is 9.51. The van der Waals surface area contributed by atoms with Crippen molar-refractivity contribution >= 4 is 22.5 Å². The first-order chi connectivity index (χ1) is 9.69. The van der Waals surface area contributed by atoms with Crippen molar-refractivity contribution in [2.24, 2.45) is 11.0 Å². The van der Waals surface area contributed by atoms with E-state index in [0.717, 1.165) is 0 Å². The third-order valence-corrected chi connectivity index (χ3v) is 3.48. The van der Waals surface area contributed by atoms with Crippen molar-refractivity contribution in [3.63, 3.8) is 0 Å². The minimum atomic E-state index is -0.209. The minimum Gasteiger partial charge on any atom is -0.312 e. The number of azide groups is 1. The van der Waals surface area contributed by atoms with Crippen LogP contribution < -0.4 is 10.5 Å². The van der Waals surface area contributed by atoms with E-state index in [1.54, 1.807) is 23.1 Å². The van der Waals surface area contributed by atoms with Crippen LogP contribution in [0.5, 0.6) is 0 Å². The number of nitrogens with one attached hydrogen (secondary N) is 2. The fourth-order valence-electron chi connectivity index (χ4n) is 2.49. The van der Waals surface area contributed by atoms with Crippen LogP contribution in [0.25, 0.3) is 21.3 Å². The maximum Gasteiger partial charge on any atom is 0.271 e. The lowest BCUT2D eigenvalue weighted by atomic mass is 10.1. The summed E-state index contributed by atoms with van der Waals surface area (Å²) in [7, 11) is 0. The molecule has 1 saturated heterocycles. The number of benzene rings is 1. The predicted octanol–water partition coefficient (Wildman–Crippen LogP) is 1.52. The monoisotopic (exact) mass is 272 g/mol. The van der Waals surface area contributed by atoms with Gasteiger partial charge in [0, 0.05) is 30.1 Å². The maximum atomic E-state index is 12.0. The van der Waals surface area contributed by atoms with E-state index in [-0.39, 0.29) is 17.4 Å². The number of hydrogen-bond acceptors (Lipinski definition) is 3. The summed E-state index contributed by atoms with van der Waals surface area (Å²) in [6, 6.07) is 5.25. The molecule has 102 valence electrons. The Labute approximate surface area is 113 Å². The highest BCUT2D eigenvalue weighted by atomic mass is 16.2. The summed E-state index contributed by atoms with van der Waals surface area (Å²) < 4.78 is 0. The van der Waals surface area contributed by atoms with E-state index in [1.807, 2.05) is 0 Å². The smallest absolute Gasteiger partial charge is 0.271 e. The van der Waals surface area contributed by atoms with Crippen molar-refractivity contribution < 1.29 is 4.79 Å². The third kappa shape index (κ3) is 2.02. The topological polar surface area (TPSA) is 118 Å². The number of carbonyl (C=O) groups is 1. The zero-order valence-corrected chi connectivity index (χ0v) is 10.5. The molecule has 0 spiro atoms. The first-order valence-electron chi connectivity index (χ1n) is 6.20. The van der Waals surface area contributed by atoms with E-state index in [2.05, 4.69) is 20.2 Å². The minimum absolute atomic E-state index is 0.0190. The van der Waals surface area contributed by atoms with Gasteiger partial charge in [0.1, 0.15) is 0 Å². The van der Waals surface area contributed by atoms with Crippen molar-refractivity contribution in [3.8, 4) is 0 Å². The van der Waals surface area contributed by atoms with Gasteiger partial charge < -0.3 is 4.90 Å². The van der Waals surface area contributed by atoms with Crippen LogP contribution >= 0.6 is 0 Å². The molecule has 0 aliphatic carbocycles. The van der Waals surface area contributed by atoms with E-state index in [4.69, 9.17) is 5.53 Å². The Morgan fingerprint density at radius 3 is 3.05 bits per heavy atom. The van der Waals surface area contributed by atoms with Crippen molar-refractivity contribution in [3.05, 3.63) is 39.0 Å². The Morgan fingerprint density at radius 2 is 2.25 bits per heavy atom. The fourth-order valence-corrected chi connectivity index (χ4v) is 2.49. The van der Waals surface area contributed by atoms with Crippen LogP contribution in [-0.2, 0) is 4.79 Å². The highest BCUT2D eigenvalue weighted by molar-refractivity contribution is 5.97. The zero-order valence-electron chi connectivity index (χ0n) is 10.5. The molecule has 1 aromatic heterocycles. The highest BCUT2D eigenvalue weighted by Crippen LogP contribution is 2.26. The Balaban J connectivity index is 1.90. The standard InChI is InChI=1S/C12H12N6O2/c13-17-14-5-7-3-11(19)18(6-7)8-1-2-10-9(4-8)12(20)16-15-10/h1-2,4,7H,3,5-6H2,(H2,15,16,20). The highest BCUT2D eigenvalue weighted by Gasteiger charge is 2.30. The van der Waals surface area contributed by atoms with Gasteiger partial charge in [-0.2, -0.15) is 0 Å². The van der Waals surface area contributed by atoms with Crippen molar-refractivity contribution in [1.82, 2.24) is 10.2 Å². The lowest BCUT2D eigenvalue weighted by Crippen LogP contribution is -2.24. The molecule has 1 fully saturated rings. The Morgan fingerprint density at radius 1 is 1.40 bits per heavy atom. The third-order valence-electron chi connectivity index (χ3n) is 3.48. The molecule has 1 aliphatic heterocycles. The Kier molecular flexibility index (Phi) is 2.92. The lowest BCUT2D eigenvalue weighted by Gasteiger charge is -2.16. The van der Waals surface area contributed by atoms with Gasteiger partial charge in [0.25, 0.3) is 5.56 Å². The first-order valence-corrected chi connectivity index (χ1v) is 6.20. The van der Waals surface area contributed by atoms with E-state index in [1.165, 1.54) is 0 Å². The molecule has 3 rings (SSSR count). The second-order valence-electron chi connectivity index (χ2n) is 4.80. The van der Waals surface area contributed by atoms with Crippen LogP contribution in [0, 0.1) is 5.92 Å². The quantitative estimate of drug-likeness (QED) is 0.500. The summed E-state index contributed by atoms with van der Waals surface area (Å²) in [5.74, 6) is 0.00746. The molecule has 0 saturated carbocycles. The summed E-state index contributed by atoms with van der Waals surface area (Å²) in [6.45, 7) is 0.817. The van der Waals surface area contributed by atoms with Gasteiger partial charge in [0.05, 0.1) is 10.9 Å². The lowest BCUT2D eigenvalue weighted by molar-refractivity contribution is -0.117. The maximum absolute atomic E-state index is 12.0. The van der Waals surface area contributed by atoms with Gasteiger partial charge in [-0.25, -0.2) is 0 Å². The molecule has 2 aromatic rings. The van der Waals surface area contributed by atoms with E-state index in [9.17, 15) is 9.59 Å². The first kappa shape index (κ1) is 12.3. The normalized spacial score (nSPS) is 18.5. The van der Waals surface area contributed by atoms with Gasteiger partial charge in [-0.05, 0) is 29.6 Å². The SMILES string of the molecule is [N-]=[N+]=NCC1CC(=O)N(c2ccc3[nH][nH]c(=O)c3c2)C1. The summed E-state index contributed by atoms with van der Waals surface area (Å²) >= 11 is 0. The van der Waals surface area contributed by atoms with Crippen LogP contribution in [-0.4, -0.2) is 29.2 Å². The molecule has 8 nitrogen and oxygen atoms in total. The van der Waals surface area contributed by atoms with E-state index >= 15 is 0 Å². The summed E-state index contributed by atoms with van der Waals surface area (Å²) in [6.07, 6.45) is 0.362. The number of fused-ring (bicyclic) bond motifs is 1. The summed E-state index contributed by atoms with van der Waals surface area (Å²) in [4.78, 5) is 27.9. The number of aromatic nitrogens is 2. The van der Waals surface area contributed by atoms with Gasteiger partial charge in [-0.3, -0.25) is 19.8 Å². The number of carbonyl (C=O) groups excluding carboxylic acids is 1. The number of anilines is 1. The van der Waals surface area contributed by atoms with Crippen LogP contribution in [0.3, 0.4) is 0 Å². The molecule has 8 heteroatoms. The molecule has 1 aliphatic rings. The second kappa shape index (κ2) is 4.75. The van der Waals surface area contributed by atoms with Gasteiger partial charge in [0.15, 0.2) is 0 Å². The Hall–Kier alpha value is -2.73. The molecule has 1 amide bonds. The Bertz CT molecular complexity index is 770. The van der Waals surface area contributed by atoms with Crippen LogP contribution in [0.1, 0.15) is 6.42 Å². The number of amides is 1. The van der Waals surface area contributed by atoms with E-state index in [0.29, 0.717) is 36.1 Å². The molecule has 1 unspecified atom stereocenters. The van der Waals surface area contributed by atoms with Crippen LogP contribution in [0.2, 0.25) is 0 Å². The van der Waals surface area contributed by atoms with Crippen LogP contribution in [0.4, 0.5) is 5.69 Å². The predicted molar refractivity (Wildman–Crippen MR) is 73.4 cm³/mol. The molecule has 2 N–H and O–H groups in total. The molecule has 0 radical (unpaired) electrons. The van der Waals surface area contributed by atoms with Crippen molar-refractivity contribution in [1.29, 1.82) is 0 Å². The molecule has 0 bridgehead atoms. The molecular formula is C12H12N6O2. The van der Waals surface area contributed by atoms with E-state index < -0.39 is 0 Å². The van der Waals surface area contributed by atoms with Gasteiger partial charge in [0.2, 0.25) is 5.91 Å². The number of H-pyrrole nitrogens is 2. The average Bonchev–Trinajstić information content (AvgIpc) is 3.00. The molecular weight excluding hydrogens is 260 g/mol. The second-order valence-corrected chi connectivity index (χ2v) is 4.80. The van der Waals surface area contributed by atoms with Gasteiger partial charge in [-0.1, -0.05) is 5.11 Å². The van der Waals surface area contributed by atoms with Gasteiger partial charge in [-0.15, -0.1) is 0 Å². The number of aromatic amines is 2. The van der Waals surface area contributed by atoms with Crippen molar-refractivity contribution in [2.45, 2.75) is 6.42 Å². The average molecular weight is 272 g/mol. The summed E-state index contributed by atoms with van der Waals surface area (Å²) in [5, 5.41) is 9.30. The fraction of sp³-hybridized carbons (Fsp3) is 0.333. The molecule has 20 heavy (non-hydrogen) atoms. The largest absolute Gasteiger partial charge is 0.312 e. The molecule has 2 heterocycles. The zero-order chi connectivity index (χ0) is 14.1.